The van der Waals surface area contributed by atoms with Gasteiger partial charge in [0.15, 0.2) is 11.6 Å². The second kappa shape index (κ2) is 5.06. The molecule has 0 radical (unpaired) electrons. The Bertz CT molecular complexity index is 639. The number of carboxylic acid groups (broad SMARTS) is 1. The van der Waals surface area contributed by atoms with E-state index in [4.69, 9.17) is 9.84 Å². The predicted octanol–water partition coefficient (Wildman–Crippen LogP) is 3.76. The van der Waals surface area contributed by atoms with Crippen molar-refractivity contribution < 1.29 is 23.4 Å². The number of aromatic carboxylic acids is 1. The first-order valence-corrected chi connectivity index (χ1v) is 5.45. The Morgan fingerprint density at radius 1 is 1.11 bits per heavy atom. The first-order valence-electron chi connectivity index (χ1n) is 5.45. The van der Waals surface area contributed by atoms with Gasteiger partial charge in [0.25, 0.3) is 0 Å². The average Bonchev–Trinajstić information content (AvgIpc) is 2.33. The van der Waals surface area contributed by atoms with Crippen LogP contribution in [0, 0.1) is 18.6 Å². The maximum Gasteiger partial charge on any atom is 0.342 e. The molecule has 0 fully saturated rings. The molecule has 2 aromatic carbocycles. The van der Waals surface area contributed by atoms with Crippen LogP contribution >= 0.6 is 0 Å². The summed E-state index contributed by atoms with van der Waals surface area (Å²) in [4.78, 5) is 11.0. The number of benzene rings is 2. The summed E-state index contributed by atoms with van der Waals surface area (Å²) in [6, 6.07) is 7.73. The zero-order valence-corrected chi connectivity index (χ0v) is 9.98. The van der Waals surface area contributed by atoms with E-state index in [9.17, 15) is 13.6 Å². The Morgan fingerprint density at radius 3 is 2.53 bits per heavy atom. The summed E-state index contributed by atoms with van der Waals surface area (Å²) in [5.74, 6) is -3.43. The summed E-state index contributed by atoms with van der Waals surface area (Å²) in [5.41, 5.74) is 0.119. The molecular formula is C14H10F2O3. The van der Waals surface area contributed by atoms with Crippen LogP contribution in [-0.4, -0.2) is 11.1 Å². The Morgan fingerprint density at radius 2 is 1.84 bits per heavy atom. The van der Waals surface area contributed by atoms with Crippen LogP contribution in [0.25, 0.3) is 0 Å². The van der Waals surface area contributed by atoms with E-state index in [1.54, 1.807) is 13.0 Å². The van der Waals surface area contributed by atoms with Crippen molar-refractivity contribution in [2.75, 3.05) is 0 Å². The van der Waals surface area contributed by atoms with Gasteiger partial charge in [-0.1, -0.05) is 12.1 Å². The van der Waals surface area contributed by atoms with Crippen LogP contribution in [0.2, 0.25) is 0 Å². The summed E-state index contributed by atoms with van der Waals surface area (Å²) in [7, 11) is 0. The first-order chi connectivity index (χ1) is 8.99. The van der Waals surface area contributed by atoms with Crippen LogP contribution in [0.1, 0.15) is 15.9 Å². The highest BCUT2D eigenvalue weighted by molar-refractivity contribution is 5.91. The van der Waals surface area contributed by atoms with Crippen LogP contribution in [0.4, 0.5) is 8.78 Å². The van der Waals surface area contributed by atoms with Gasteiger partial charge in [-0.3, -0.25) is 0 Å². The number of carbonyl (C=O) groups is 1. The van der Waals surface area contributed by atoms with Gasteiger partial charge in [-0.15, -0.1) is 0 Å². The molecule has 0 amide bonds. The molecule has 0 aliphatic rings. The molecular weight excluding hydrogens is 254 g/mol. The highest BCUT2D eigenvalue weighted by atomic mass is 19.1. The Hall–Kier alpha value is -2.43. The molecule has 2 aromatic rings. The third kappa shape index (κ3) is 2.70. The van der Waals surface area contributed by atoms with Crippen LogP contribution < -0.4 is 4.74 Å². The van der Waals surface area contributed by atoms with Crippen molar-refractivity contribution in [3.05, 3.63) is 59.2 Å². The van der Waals surface area contributed by atoms with Crippen LogP contribution in [0.5, 0.6) is 11.5 Å². The van der Waals surface area contributed by atoms with E-state index in [2.05, 4.69) is 0 Å². The van der Waals surface area contributed by atoms with Gasteiger partial charge in [-0.05, 0) is 36.8 Å². The van der Waals surface area contributed by atoms with Crippen molar-refractivity contribution in [3.8, 4) is 11.5 Å². The number of ether oxygens (including phenoxy) is 1. The molecule has 3 nitrogen and oxygen atoms in total. The Balaban J connectivity index is 2.46. The zero-order valence-electron chi connectivity index (χ0n) is 9.98. The summed E-state index contributed by atoms with van der Waals surface area (Å²) < 4.78 is 32.1. The maximum atomic E-state index is 13.5. The summed E-state index contributed by atoms with van der Waals surface area (Å²) in [6.45, 7) is 1.73. The fourth-order valence-corrected chi connectivity index (χ4v) is 1.60. The first kappa shape index (κ1) is 13.0. The molecule has 0 aliphatic carbocycles. The van der Waals surface area contributed by atoms with Crippen LogP contribution in [0.3, 0.4) is 0 Å². The fourth-order valence-electron chi connectivity index (χ4n) is 1.60. The van der Waals surface area contributed by atoms with Crippen molar-refractivity contribution in [2.45, 2.75) is 6.92 Å². The van der Waals surface area contributed by atoms with Gasteiger partial charge < -0.3 is 9.84 Å². The summed E-state index contributed by atoms with van der Waals surface area (Å²) in [6.07, 6.45) is 0. The molecule has 0 unspecified atom stereocenters. The van der Waals surface area contributed by atoms with E-state index in [1.807, 2.05) is 0 Å². The molecule has 0 atom stereocenters. The van der Waals surface area contributed by atoms with Crippen molar-refractivity contribution in [3.63, 3.8) is 0 Å². The standard InChI is InChI=1S/C14H10F2O3/c1-8-5-6-9(15)12(7-8)19-11-4-2-3-10(16)13(11)14(17)18/h2-7H,1H3,(H,17,18). The predicted molar refractivity (Wildman–Crippen MR) is 64.6 cm³/mol. The lowest BCUT2D eigenvalue weighted by molar-refractivity contribution is 0.0689. The molecule has 0 spiro atoms. The van der Waals surface area contributed by atoms with Gasteiger partial charge in [0.2, 0.25) is 0 Å². The minimum Gasteiger partial charge on any atom is -0.477 e. The van der Waals surface area contributed by atoms with Gasteiger partial charge in [0.05, 0.1) is 0 Å². The smallest absolute Gasteiger partial charge is 0.342 e. The number of hydrogen-bond donors (Lipinski definition) is 1. The third-order valence-corrected chi connectivity index (χ3v) is 2.50. The number of rotatable bonds is 3. The molecule has 0 saturated carbocycles. The molecule has 0 saturated heterocycles. The largest absolute Gasteiger partial charge is 0.477 e. The van der Waals surface area contributed by atoms with Crippen LogP contribution in [-0.2, 0) is 0 Å². The van der Waals surface area contributed by atoms with E-state index < -0.39 is 23.2 Å². The average molecular weight is 264 g/mol. The van der Waals surface area contributed by atoms with E-state index in [-0.39, 0.29) is 11.5 Å². The zero-order chi connectivity index (χ0) is 14.0. The molecule has 2 rings (SSSR count). The maximum absolute atomic E-state index is 13.5. The number of hydrogen-bond acceptors (Lipinski definition) is 2. The third-order valence-electron chi connectivity index (χ3n) is 2.50. The highest BCUT2D eigenvalue weighted by Crippen LogP contribution is 2.29. The van der Waals surface area contributed by atoms with E-state index in [0.717, 1.165) is 11.6 Å². The lowest BCUT2D eigenvalue weighted by atomic mass is 10.2. The lowest BCUT2D eigenvalue weighted by Gasteiger charge is -2.10. The molecule has 0 bridgehead atoms. The minimum absolute atomic E-state index is 0.145. The van der Waals surface area contributed by atoms with E-state index >= 15 is 0 Å². The molecule has 0 heterocycles. The van der Waals surface area contributed by atoms with E-state index in [0.29, 0.717) is 0 Å². The van der Waals surface area contributed by atoms with Gasteiger partial charge >= 0.3 is 5.97 Å². The van der Waals surface area contributed by atoms with Crippen molar-refractivity contribution >= 4 is 5.97 Å². The second-order valence-corrected chi connectivity index (χ2v) is 3.95. The Labute approximate surface area is 108 Å². The molecule has 0 aromatic heterocycles. The highest BCUT2D eigenvalue weighted by Gasteiger charge is 2.18. The minimum atomic E-state index is -1.47. The number of halogens is 2. The molecule has 98 valence electrons. The van der Waals surface area contributed by atoms with Gasteiger partial charge in [-0.25, -0.2) is 13.6 Å². The molecule has 19 heavy (non-hydrogen) atoms. The van der Waals surface area contributed by atoms with Gasteiger partial charge in [0, 0.05) is 0 Å². The second-order valence-electron chi connectivity index (χ2n) is 3.95. The number of aryl methyl sites for hydroxylation is 1. The Kier molecular flexibility index (Phi) is 3.46. The lowest BCUT2D eigenvalue weighted by Crippen LogP contribution is -2.04. The van der Waals surface area contributed by atoms with Crippen molar-refractivity contribution in [2.24, 2.45) is 0 Å². The van der Waals surface area contributed by atoms with Crippen molar-refractivity contribution in [1.29, 1.82) is 0 Å². The summed E-state index contributed by atoms with van der Waals surface area (Å²) in [5, 5.41) is 8.93. The molecule has 0 aliphatic heterocycles. The van der Waals surface area contributed by atoms with Crippen molar-refractivity contribution in [1.82, 2.24) is 0 Å². The molecule has 5 heteroatoms. The number of carboxylic acids is 1. The van der Waals surface area contributed by atoms with Gasteiger partial charge in [-0.2, -0.15) is 0 Å². The molecule has 1 N–H and O–H groups in total. The van der Waals surface area contributed by atoms with Crippen LogP contribution in [0.15, 0.2) is 36.4 Å². The van der Waals surface area contributed by atoms with E-state index in [1.165, 1.54) is 24.3 Å². The fraction of sp³-hybridized carbons (Fsp3) is 0.0714. The quantitative estimate of drug-likeness (QED) is 0.918. The topological polar surface area (TPSA) is 46.5 Å². The summed E-state index contributed by atoms with van der Waals surface area (Å²) >= 11 is 0. The normalized spacial score (nSPS) is 10.3. The van der Waals surface area contributed by atoms with Gasteiger partial charge in [0.1, 0.15) is 17.1 Å². The monoisotopic (exact) mass is 264 g/mol. The SMILES string of the molecule is Cc1ccc(F)c(Oc2cccc(F)c2C(=O)O)c1.